The largest absolute Gasteiger partial charge is 0.350 e. The minimum Gasteiger partial charge on any atom is -0.350 e. The molecule has 57 heavy (non-hydrogen) atoms. The zero-order valence-corrected chi connectivity index (χ0v) is 32.6. The van der Waals surface area contributed by atoms with Gasteiger partial charge in [0.2, 0.25) is 0 Å². The van der Waals surface area contributed by atoms with Crippen molar-refractivity contribution in [3.63, 3.8) is 0 Å². The highest BCUT2D eigenvalue weighted by atomic mass is 32.2. The summed E-state index contributed by atoms with van der Waals surface area (Å²) in [5.74, 6) is 1.64. The average Bonchev–Trinajstić information content (AvgIpc) is 3.95. The molecule has 2 N–H and O–H groups in total. The number of aliphatic imine (C=N–C) groups is 1. The Labute approximate surface area is 340 Å². The lowest BCUT2D eigenvalue weighted by Crippen LogP contribution is -2.45. The molecule has 12 rings (SSSR count). The van der Waals surface area contributed by atoms with E-state index in [1.165, 1.54) is 64.3 Å². The molecular formula is C51H38N4S2. The molecule has 0 saturated carbocycles. The second-order valence-electron chi connectivity index (χ2n) is 15.5. The second-order valence-corrected chi connectivity index (χ2v) is 17.8. The number of thioether (sulfide) groups is 1. The summed E-state index contributed by atoms with van der Waals surface area (Å²) in [6.45, 7) is 0. The van der Waals surface area contributed by atoms with Gasteiger partial charge in [-0.2, -0.15) is 0 Å². The number of amidine groups is 1. The summed E-state index contributed by atoms with van der Waals surface area (Å²) in [6, 6.07) is 51.2. The fraction of sp³-hybridized carbons (Fsp3) is 0.118. The molecule has 6 aromatic carbocycles. The Hall–Kier alpha value is -5.92. The molecule has 3 aliphatic heterocycles. The molecule has 5 aliphatic rings. The first-order valence-corrected chi connectivity index (χ1v) is 21.5. The number of anilines is 1. The highest BCUT2D eigenvalue weighted by Gasteiger charge is 2.40. The Kier molecular flexibility index (Phi) is 7.78. The lowest BCUT2D eigenvalue weighted by molar-refractivity contribution is 0.409. The molecule has 2 aliphatic carbocycles. The van der Waals surface area contributed by atoms with E-state index in [0.717, 1.165) is 17.0 Å². The maximum absolute atomic E-state index is 5.33. The summed E-state index contributed by atoms with van der Waals surface area (Å²) in [4.78, 5) is 9.27. The number of hydrogen-bond acceptors (Lipinski definition) is 6. The van der Waals surface area contributed by atoms with Gasteiger partial charge >= 0.3 is 0 Å². The molecule has 6 heteroatoms. The van der Waals surface area contributed by atoms with Crippen molar-refractivity contribution in [1.29, 1.82) is 0 Å². The zero-order chi connectivity index (χ0) is 37.5. The van der Waals surface area contributed by atoms with Crippen molar-refractivity contribution in [2.24, 2.45) is 4.99 Å². The minimum atomic E-state index is -0.180. The molecule has 1 aromatic heterocycles. The molecule has 274 valence electrons. The molecule has 0 spiro atoms. The van der Waals surface area contributed by atoms with Crippen molar-refractivity contribution in [3.8, 4) is 11.1 Å². The molecule has 4 nitrogen and oxygen atoms in total. The van der Waals surface area contributed by atoms with Crippen LogP contribution in [-0.4, -0.2) is 17.1 Å². The fourth-order valence-electron chi connectivity index (χ4n) is 9.54. The molecule has 7 aromatic rings. The number of thiophene rings is 1. The Balaban J connectivity index is 0.902. The number of nitrogens with one attached hydrogen (secondary N) is 2. The molecule has 0 amide bonds. The first-order chi connectivity index (χ1) is 28.2. The maximum atomic E-state index is 5.33. The van der Waals surface area contributed by atoms with Crippen LogP contribution in [0, 0.1) is 0 Å². The van der Waals surface area contributed by atoms with Gasteiger partial charge in [-0.25, -0.2) is 4.99 Å². The van der Waals surface area contributed by atoms with Crippen LogP contribution in [0.4, 0.5) is 5.69 Å². The average molecular weight is 771 g/mol. The van der Waals surface area contributed by atoms with Crippen LogP contribution < -0.4 is 15.5 Å². The summed E-state index contributed by atoms with van der Waals surface area (Å²) < 4.78 is 2.55. The normalized spacial score (nSPS) is 24.1. The van der Waals surface area contributed by atoms with Gasteiger partial charge in [-0.15, -0.1) is 23.1 Å². The maximum Gasteiger partial charge on any atom is 0.132 e. The van der Waals surface area contributed by atoms with Crippen LogP contribution >= 0.6 is 23.1 Å². The lowest BCUT2D eigenvalue weighted by atomic mass is 9.89. The predicted octanol–water partition coefficient (Wildman–Crippen LogP) is 12.2. The monoisotopic (exact) mass is 770 g/mol. The van der Waals surface area contributed by atoms with E-state index in [1.54, 1.807) is 0 Å². The van der Waals surface area contributed by atoms with E-state index >= 15 is 0 Å². The first-order valence-electron chi connectivity index (χ1n) is 19.8. The zero-order valence-electron chi connectivity index (χ0n) is 31.0. The van der Waals surface area contributed by atoms with E-state index in [0.29, 0.717) is 23.1 Å². The molecule has 0 saturated heterocycles. The lowest BCUT2D eigenvalue weighted by Gasteiger charge is -2.32. The highest BCUT2D eigenvalue weighted by Crippen LogP contribution is 2.53. The van der Waals surface area contributed by atoms with Crippen molar-refractivity contribution in [2.45, 2.75) is 40.4 Å². The molecule has 0 bridgehead atoms. The van der Waals surface area contributed by atoms with Crippen molar-refractivity contribution >= 4 is 54.8 Å². The highest BCUT2D eigenvalue weighted by molar-refractivity contribution is 8.00. The Morgan fingerprint density at radius 3 is 2.32 bits per heavy atom. The van der Waals surface area contributed by atoms with E-state index in [4.69, 9.17) is 4.99 Å². The minimum absolute atomic E-state index is 0.0858. The van der Waals surface area contributed by atoms with Gasteiger partial charge in [0.05, 0.1) is 6.04 Å². The number of rotatable bonds is 5. The summed E-state index contributed by atoms with van der Waals surface area (Å²) in [5, 5.41) is 10.5. The van der Waals surface area contributed by atoms with Crippen molar-refractivity contribution in [1.82, 2.24) is 10.6 Å². The molecular weight excluding hydrogens is 733 g/mol. The van der Waals surface area contributed by atoms with Gasteiger partial charge in [0, 0.05) is 59.1 Å². The Morgan fingerprint density at radius 1 is 0.632 bits per heavy atom. The van der Waals surface area contributed by atoms with Crippen LogP contribution in [0.1, 0.15) is 52.0 Å². The predicted molar refractivity (Wildman–Crippen MR) is 239 cm³/mol. The van der Waals surface area contributed by atoms with E-state index in [9.17, 15) is 0 Å². The third-order valence-electron chi connectivity index (χ3n) is 12.2. The van der Waals surface area contributed by atoms with E-state index < -0.39 is 0 Å². The molecule has 6 atom stereocenters. The molecule has 0 radical (unpaired) electrons. The van der Waals surface area contributed by atoms with Gasteiger partial charge in [0.25, 0.3) is 0 Å². The molecule has 0 fully saturated rings. The van der Waals surface area contributed by atoms with Crippen LogP contribution in [0.15, 0.2) is 198 Å². The SMILES string of the molecule is C1=CC2c3ccccc3N(C3=CC4c5ccc(-c6ccc7sc8cccc(C9=NC(c%10ccccc%10)NC(c%10ccccc%10)N9)c8c7c6)cc5SC4C=C3)C2C=C1. The van der Waals surface area contributed by atoms with E-state index in [2.05, 4.69) is 198 Å². The Morgan fingerprint density at radius 2 is 1.42 bits per heavy atom. The van der Waals surface area contributed by atoms with Crippen molar-refractivity contribution in [3.05, 3.63) is 216 Å². The molecule has 4 heterocycles. The van der Waals surface area contributed by atoms with Gasteiger partial charge < -0.3 is 10.2 Å². The topological polar surface area (TPSA) is 39.7 Å². The van der Waals surface area contributed by atoms with Crippen LogP contribution in [0.3, 0.4) is 0 Å². The standard InChI is InChI=1S/C51H38N4S2/c1-3-12-31(13-4-1)49-52-50(32-14-5-2-6-15-32)54-51(53-49)39-18-11-21-46-48(39)41-28-33(23-26-45(41)56-46)34-22-25-38-40-30-35(24-27-44(40)57-47(38)29-34)55-42-19-9-7-16-36(42)37-17-8-10-20-43(37)55/h1-30,36,40,42,44,49-50,52H,(H,53,54). The second kappa shape index (κ2) is 13.3. The van der Waals surface area contributed by atoms with Crippen molar-refractivity contribution in [2.75, 3.05) is 4.90 Å². The number of nitrogens with zero attached hydrogens (tertiary/aromatic N) is 2. The van der Waals surface area contributed by atoms with Gasteiger partial charge in [-0.1, -0.05) is 146 Å². The number of allylic oxidation sites excluding steroid dienone is 4. The third kappa shape index (κ3) is 5.50. The van der Waals surface area contributed by atoms with E-state index in [1.807, 2.05) is 23.1 Å². The van der Waals surface area contributed by atoms with Crippen LogP contribution in [-0.2, 0) is 0 Å². The fourth-order valence-corrected chi connectivity index (χ4v) is 12.0. The smallest absolute Gasteiger partial charge is 0.132 e. The summed E-state index contributed by atoms with van der Waals surface area (Å²) >= 11 is 3.86. The van der Waals surface area contributed by atoms with Crippen LogP contribution in [0.2, 0.25) is 0 Å². The quantitative estimate of drug-likeness (QED) is 0.183. The Bertz CT molecular complexity index is 2890. The van der Waals surface area contributed by atoms with Crippen molar-refractivity contribution < 1.29 is 0 Å². The summed E-state index contributed by atoms with van der Waals surface area (Å²) in [5.41, 5.74) is 11.4. The third-order valence-corrected chi connectivity index (χ3v) is 14.7. The van der Waals surface area contributed by atoms with Gasteiger partial charge in [-0.05, 0) is 69.8 Å². The first kappa shape index (κ1) is 33.2. The van der Waals surface area contributed by atoms with Gasteiger partial charge in [0.15, 0.2) is 0 Å². The van der Waals surface area contributed by atoms with Crippen LogP contribution in [0.25, 0.3) is 31.3 Å². The van der Waals surface area contributed by atoms with Gasteiger partial charge in [0.1, 0.15) is 18.2 Å². The van der Waals surface area contributed by atoms with E-state index in [-0.39, 0.29) is 12.3 Å². The summed E-state index contributed by atoms with van der Waals surface area (Å²) in [6.07, 6.45) is 16.2. The number of para-hydroxylation sites is 1. The number of benzene rings is 6. The van der Waals surface area contributed by atoms with Crippen LogP contribution in [0.5, 0.6) is 0 Å². The number of hydrogen-bond donors (Lipinski definition) is 2. The summed E-state index contributed by atoms with van der Waals surface area (Å²) in [7, 11) is 0. The van der Waals surface area contributed by atoms with Gasteiger partial charge in [-0.3, -0.25) is 5.32 Å². The molecule has 6 unspecified atom stereocenters. The number of fused-ring (bicyclic) bond motifs is 9.